The van der Waals surface area contributed by atoms with E-state index in [0.717, 1.165) is 39.2 Å². The van der Waals surface area contributed by atoms with Crippen LogP contribution in [0.3, 0.4) is 0 Å². The molecule has 258 valence electrons. The minimum absolute atomic E-state index is 0.254. The van der Waals surface area contributed by atoms with Crippen molar-refractivity contribution in [2.24, 2.45) is 0 Å². The quantitative estimate of drug-likeness (QED) is 0.156. The van der Waals surface area contributed by atoms with Crippen LogP contribution in [0.1, 0.15) is 0 Å². The highest BCUT2D eigenvalue weighted by molar-refractivity contribution is 7.26. The zero-order chi connectivity index (χ0) is 36.6. The van der Waals surface area contributed by atoms with Crippen molar-refractivity contribution in [1.29, 1.82) is 0 Å². The number of para-hydroxylation sites is 1. The molecule has 5 heterocycles. The lowest BCUT2D eigenvalue weighted by Gasteiger charge is -2.56. The first-order valence-electron chi connectivity index (χ1n) is 18.5. The molecule has 0 radical (unpaired) electrons. The number of hydrogen-bond acceptors (Lipinski definition) is 7. The molecule has 0 atom stereocenters. The van der Waals surface area contributed by atoms with Crippen molar-refractivity contribution in [2.45, 2.75) is 0 Å². The molecule has 10 rings (SSSR count). The molecule has 9 aromatic rings. The Labute approximate surface area is 325 Å². The van der Waals surface area contributed by atoms with Crippen LogP contribution in [0.4, 0.5) is 17.1 Å². The molecule has 0 unspecified atom stereocenters. The van der Waals surface area contributed by atoms with E-state index in [1.54, 1.807) is 0 Å². The molecule has 1 aliphatic rings. The predicted octanol–water partition coefficient (Wildman–Crippen LogP) is 7.93. The van der Waals surface area contributed by atoms with Crippen LogP contribution >= 0.6 is 11.3 Å². The van der Waals surface area contributed by atoms with Gasteiger partial charge in [0.1, 0.15) is 0 Å². The van der Waals surface area contributed by atoms with E-state index in [0.29, 0.717) is 0 Å². The third-order valence-corrected chi connectivity index (χ3v) is 11.7. The van der Waals surface area contributed by atoms with Gasteiger partial charge in [-0.15, -0.1) is 11.3 Å². The Morgan fingerprint density at radius 2 is 0.982 bits per heavy atom. The molecule has 6 nitrogen and oxygen atoms in total. The smallest absolute Gasteiger partial charge is 0.390 e. The fourth-order valence-electron chi connectivity index (χ4n) is 8.17. The number of nitrogens with zero attached hydrogens (tertiary/aromatic N) is 6. The molecule has 0 saturated carbocycles. The number of anilines is 3. The van der Waals surface area contributed by atoms with Crippen LogP contribution in [0.15, 0.2) is 201 Å². The lowest BCUT2D eigenvalue weighted by atomic mass is 9.37. The van der Waals surface area contributed by atoms with Crippen LogP contribution in [-0.2, 0) is 0 Å². The Morgan fingerprint density at radius 1 is 0.418 bits per heavy atom. The molecular weight excluding hydrogens is 689 g/mol. The van der Waals surface area contributed by atoms with E-state index in [1.165, 1.54) is 25.6 Å². The molecule has 4 aromatic heterocycles. The first-order chi connectivity index (χ1) is 27.3. The fourth-order valence-corrected chi connectivity index (χ4v) is 9.38. The van der Waals surface area contributed by atoms with Gasteiger partial charge in [-0.1, -0.05) is 115 Å². The summed E-state index contributed by atoms with van der Waals surface area (Å²) < 4.78 is 10.1. The molecule has 55 heavy (non-hydrogen) atoms. The number of rotatable bonds is 7. The highest BCUT2D eigenvalue weighted by Crippen LogP contribution is 2.40. The Balaban J connectivity index is 1.27. The van der Waals surface area contributed by atoms with Crippen molar-refractivity contribution in [3.63, 3.8) is 0 Å². The molecule has 10 heteroatoms. The average Bonchev–Trinajstić information content (AvgIpc) is 3.66. The molecule has 0 N–H and O–H groups in total. The van der Waals surface area contributed by atoms with Gasteiger partial charge in [-0.2, -0.15) is 0 Å². The summed E-state index contributed by atoms with van der Waals surface area (Å²) in [6.07, 6.45) is 9.62. The fraction of sp³-hybridized carbons (Fsp3) is 0. The molecule has 1 aliphatic heterocycles. The molecule has 5 aromatic carbocycles. The van der Waals surface area contributed by atoms with Crippen molar-refractivity contribution < 1.29 is 0 Å². The summed E-state index contributed by atoms with van der Waals surface area (Å²) in [4.78, 5) is 14.4. The standard InChI is InChI=1S/C45H33B3N6S/c1-4-16-35(17-5-1)46-52(38-21-8-3-9-22-38)48(37-20-13-28-49-32-37)54(40-24-14-29-50-33-40)47(36-18-6-2-7-19-36)53(46)39-23-12-15-34(31-39)44-45-42(27-30-51-44)41-25-10-11-26-43(41)55-45/h1-33H. The number of benzene rings is 5. The van der Waals surface area contributed by atoms with Crippen LogP contribution in [-0.4, -0.2) is 35.9 Å². The molecule has 0 spiro atoms. The zero-order valence-electron chi connectivity index (χ0n) is 29.9. The average molecular weight is 722 g/mol. The highest BCUT2D eigenvalue weighted by atomic mass is 32.1. The van der Waals surface area contributed by atoms with Gasteiger partial charge in [-0.3, -0.25) is 15.0 Å². The van der Waals surface area contributed by atoms with E-state index >= 15 is 0 Å². The SMILES string of the molecule is c1ccc(B2N(c3ccccc3)B(c3cccnc3)N(c3cccnc3)B(c3ccccc3)N2c2cccc(-c3nccc4c3sc3ccccc34)c2)cc1. The summed E-state index contributed by atoms with van der Waals surface area (Å²) in [6, 6.07) is 60.6. The summed E-state index contributed by atoms with van der Waals surface area (Å²) >= 11 is 1.81. The van der Waals surface area contributed by atoms with E-state index < -0.39 is 0 Å². The van der Waals surface area contributed by atoms with Gasteiger partial charge >= 0.3 is 20.9 Å². The van der Waals surface area contributed by atoms with Crippen LogP contribution in [0.25, 0.3) is 31.4 Å². The summed E-state index contributed by atoms with van der Waals surface area (Å²) in [5, 5.41) is 2.49. The topological polar surface area (TPSA) is 48.4 Å². The van der Waals surface area contributed by atoms with E-state index in [1.807, 2.05) is 54.5 Å². The predicted molar refractivity (Wildman–Crippen MR) is 234 cm³/mol. The lowest BCUT2D eigenvalue weighted by Crippen LogP contribution is -2.86. The molecule has 0 aliphatic carbocycles. The Kier molecular flexibility index (Phi) is 8.58. The number of fused-ring (bicyclic) bond motifs is 3. The van der Waals surface area contributed by atoms with Crippen LogP contribution < -0.4 is 30.6 Å². The van der Waals surface area contributed by atoms with Crippen molar-refractivity contribution >= 4 is 85.9 Å². The van der Waals surface area contributed by atoms with Crippen LogP contribution in [0, 0.1) is 0 Å². The second kappa shape index (κ2) is 14.3. The van der Waals surface area contributed by atoms with E-state index in [9.17, 15) is 0 Å². The van der Waals surface area contributed by atoms with Gasteiger partial charge in [0.2, 0.25) is 0 Å². The summed E-state index contributed by atoms with van der Waals surface area (Å²) in [5.74, 6) is 0. The normalized spacial score (nSPS) is 13.2. The van der Waals surface area contributed by atoms with Gasteiger partial charge in [0.05, 0.1) is 10.4 Å². The number of pyridine rings is 3. The largest absolute Gasteiger partial charge is 0.416 e. The van der Waals surface area contributed by atoms with E-state index in [-0.39, 0.29) is 20.9 Å². The van der Waals surface area contributed by atoms with Gasteiger partial charge in [0.25, 0.3) is 0 Å². The second-order valence-electron chi connectivity index (χ2n) is 13.7. The number of hydrogen-bond donors (Lipinski definition) is 0. The number of aromatic nitrogens is 3. The first-order valence-corrected chi connectivity index (χ1v) is 19.3. The molecular formula is C45H33B3N6S. The maximum Gasteiger partial charge on any atom is 0.390 e. The molecule has 0 bridgehead atoms. The van der Waals surface area contributed by atoms with Crippen molar-refractivity contribution in [2.75, 3.05) is 14.2 Å². The summed E-state index contributed by atoms with van der Waals surface area (Å²) in [5.41, 5.74) is 8.61. The zero-order valence-corrected chi connectivity index (χ0v) is 30.7. The van der Waals surface area contributed by atoms with Crippen molar-refractivity contribution in [3.05, 3.63) is 201 Å². The maximum absolute atomic E-state index is 5.05. The van der Waals surface area contributed by atoms with Crippen LogP contribution in [0.2, 0.25) is 0 Å². The van der Waals surface area contributed by atoms with Gasteiger partial charge < -0.3 is 14.2 Å². The Bertz CT molecular complexity index is 2620. The van der Waals surface area contributed by atoms with Crippen molar-refractivity contribution in [3.8, 4) is 11.3 Å². The monoisotopic (exact) mass is 722 g/mol. The van der Waals surface area contributed by atoms with E-state index in [2.05, 4.69) is 182 Å². The highest BCUT2D eigenvalue weighted by Gasteiger charge is 2.56. The van der Waals surface area contributed by atoms with Gasteiger partial charge in [0.15, 0.2) is 0 Å². The Hall–Kier alpha value is -6.64. The lowest BCUT2D eigenvalue weighted by molar-refractivity contribution is 1.25. The summed E-state index contributed by atoms with van der Waals surface area (Å²) in [6.45, 7) is -0.802. The maximum atomic E-state index is 5.05. The van der Waals surface area contributed by atoms with Gasteiger partial charge in [-0.25, -0.2) is 0 Å². The third-order valence-electron chi connectivity index (χ3n) is 10.5. The number of thiophene rings is 1. The molecule has 0 amide bonds. The first kappa shape index (κ1) is 33.0. The van der Waals surface area contributed by atoms with Gasteiger partial charge in [-0.05, 0) is 71.0 Å². The minimum atomic E-state index is -0.274. The second-order valence-corrected chi connectivity index (χ2v) is 14.7. The van der Waals surface area contributed by atoms with Crippen molar-refractivity contribution in [1.82, 2.24) is 15.0 Å². The summed E-state index contributed by atoms with van der Waals surface area (Å²) in [7, 11) is 0. The molecule has 1 fully saturated rings. The third kappa shape index (κ3) is 5.92. The molecule has 1 saturated heterocycles. The Morgan fingerprint density at radius 3 is 1.67 bits per heavy atom. The minimum Gasteiger partial charge on any atom is -0.416 e. The van der Waals surface area contributed by atoms with E-state index in [4.69, 9.17) is 4.98 Å². The van der Waals surface area contributed by atoms with Gasteiger partial charge in [0, 0.05) is 69.1 Å². The van der Waals surface area contributed by atoms with Crippen LogP contribution in [0.5, 0.6) is 0 Å².